The summed E-state index contributed by atoms with van der Waals surface area (Å²) in [7, 11) is 1.82. The standard InChI is InChI=1S/C18H14FN3O/c1-22-12-15(18(21-22)13-7-9-20-10-8-13)5-6-17(23)14-3-2-4-16(19)11-14/h2-12H,1H3/b6-5+. The van der Waals surface area contributed by atoms with Crippen molar-refractivity contribution in [2.75, 3.05) is 0 Å². The van der Waals surface area contributed by atoms with Crippen molar-refractivity contribution in [2.45, 2.75) is 0 Å². The molecule has 0 radical (unpaired) electrons. The van der Waals surface area contributed by atoms with Gasteiger partial charge in [-0.1, -0.05) is 12.1 Å². The van der Waals surface area contributed by atoms with E-state index < -0.39 is 5.82 Å². The lowest BCUT2D eigenvalue weighted by molar-refractivity contribution is 0.104. The first kappa shape index (κ1) is 14.8. The molecule has 0 aliphatic heterocycles. The average Bonchev–Trinajstić information content (AvgIpc) is 2.94. The minimum Gasteiger partial charge on any atom is -0.289 e. The summed E-state index contributed by atoms with van der Waals surface area (Å²) in [6.45, 7) is 0. The Kier molecular flexibility index (Phi) is 4.10. The topological polar surface area (TPSA) is 47.8 Å². The number of allylic oxidation sites excluding steroid dienone is 1. The first-order chi connectivity index (χ1) is 11.1. The molecule has 5 heteroatoms. The van der Waals surface area contributed by atoms with Crippen molar-refractivity contribution in [1.29, 1.82) is 0 Å². The maximum Gasteiger partial charge on any atom is 0.185 e. The van der Waals surface area contributed by atoms with Gasteiger partial charge in [0.1, 0.15) is 5.82 Å². The fraction of sp³-hybridized carbons (Fsp3) is 0.0556. The van der Waals surface area contributed by atoms with Crippen molar-refractivity contribution in [3.05, 3.63) is 78.0 Å². The van der Waals surface area contributed by atoms with E-state index in [4.69, 9.17) is 0 Å². The number of aryl methyl sites for hydroxylation is 1. The van der Waals surface area contributed by atoms with E-state index in [-0.39, 0.29) is 5.78 Å². The van der Waals surface area contributed by atoms with Crippen LogP contribution in [0.4, 0.5) is 4.39 Å². The summed E-state index contributed by atoms with van der Waals surface area (Å²) in [5.74, 6) is -0.683. The summed E-state index contributed by atoms with van der Waals surface area (Å²) < 4.78 is 14.9. The maximum atomic E-state index is 13.2. The number of aromatic nitrogens is 3. The number of benzene rings is 1. The van der Waals surface area contributed by atoms with Crippen LogP contribution in [0.2, 0.25) is 0 Å². The van der Waals surface area contributed by atoms with Gasteiger partial charge in [0, 0.05) is 42.3 Å². The molecule has 0 saturated carbocycles. The van der Waals surface area contributed by atoms with Gasteiger partial charge < -0.3 is 0 Å². The molecule has 0 atom stereocenters. The molecule has 3 aromatic rings. The summed E-state index contributed by atoms with van der Waals surface area (Å²) in [6.07, 6.45) is 8.32. The number of hydrogen-bond acceptors (Lipinski definition) is 3. The Hall–Kier alpha value is -3.08. The second kappa shape index (κ2) is 6.36. The first-order valence-electron chi connectivity index (χ1n) is 7.05. The second-order valence-corrected chi connectivity index (χ2v) is 5.05. The van der Waals surface area contributed by atoms with E-state index in [1.54, 1.807) is 29.2 Å². The molecule has 0 aliphatic carbocycles. The molecule has 3 rings (SSSR count). The van der Waals surface area contributed by atoms with Crippen LogP contribution in [0.3, 0.4) is 0 Å². The molecule has 0 N–H and O–H groups in total. The fourth-order valence-corrected chi connectivity index (χ4v) is 2.27. The Morgan fingerprint density at radius 2 is 2.00 bits per heavy atom. The smallest absolute Gasteiger partial charge is 0.185 e. The summed E-state index contributed by atoms with van der Waals surface area (Å²) in [4.78, 5) is 16.1. The summed E-state index contributed by atoms with van der Waals surface area (Å²) >= 11 is 0. The zero-order valence-corrected chi connectivity index (χ0v) is 12.5. The van der Waals surface area contributed by atoms with Gasteiger partial charge in [-0.05, 0) is 36.4 Å². The van der Waals surface area contributed by atoms with Crippen LogP contribution in [-0.2, 0) is 7.05 Å². The van der Waals surface area contributed by atoms with Gasteiger partial charge in [0.2, 0.25) is 0 Å². The third kappa shape index (κ3) is 3.40. The van der Waals surface area contributed by atoms with Crippen LogP contribution < -0.4 is 0 Å². The van der Waals surface area contributed by atoms with Gasteiger partial charge in [-0.2, -0.15) is 5.10 Å². The summed E-state index contributed by atoms with van der Waals surface area (Å²) in [5.41, 5.74) is 2.80. The highest BCUT2D eigenvalue weighted by Crippen LogP contribution is 2.22. The Balaban J connectivity index is 1.90. The largest absolute Gasteiger partial charge is 0.289 e. The van der Waals surface area contributed by atoms with E-state index in [9.17, 15) is 9.18 Å². The quantitative estimate of drug-likeness (QED) is 0.547. The average molecular weight is 307 g/mol. The van der Waals surface area contributed by atoms with E-state index in [1.807, 2.05) is 25.4 Å². The van der Waals surface area contributed by atoms with Crippen LogP contribution >= 0.6 is 0 Å². The van der Waals surface area contributed by atoms with Gasteiger partial charge in [-0.15, -0.1) is 0 Å². The van der Waals surface area contributed by atoms with Crippen molar-refractivity contribution < 1.29 is 9.18 Å². The van der Waals surface area contributed by atoms with E-state index in [0.29, 0.717) is 5.56 Å². The highest BCUT2D eigenvalue weighted by atomic mass is 19.1. The zero-order valence-electron chi connectivity index (χ0n) is 12.5. The Bertz CT molecular complexity index is 869. The number of ketones is 1. The maximum absolute atomic E-state index is 13.2. The van der Waals surface area contributed by atoms with E-state index in [0.717, 1.165) is 16.8 Å². The third-order valence-electron chi connectivity index (χ3n) is 3.33. The minimum atomic E-state index is -0.428. The second-order valence-electron chi connectivity index (χ2n) is 5.05. The van der Waals surface area contributed by atoms with E-state index in [2.05, 4.69) is 10.1 Å². The molecular weight excluding hydrogens is 293 g/mol. The molecule has 0 bridgehead atoms. The van der Waals surface area contributed by atoms with Crippen molar-refractivity contribution in [2.24, 2.45) is 7.05 Å². The van der Waals surface area contributed by atoms with Gasteiger partial charge in [-0.3, -0.25) is 14.5 Å². The molecule has 4 nitrogen and oxygen atoms in total. The Morgan fingerprint density at radius 1 is 1.22 bits per heavy atom. The van der Waals surface area contributed by atoms with Crippen molar-refractivity contribution in [1.82, 2.24) is 14.8 Å². The molecular formula is C18H14FN3O. The Morgan fingerprint density at radius 3 is 2.74 bits per heavy atom. The SMILES string of the molecule is Cn1cc(/C=C/C(=O)c2cccc(F)c2)c(-c2ccncc2)n1. The van der Waals surface area contributed by atoms with Gasteiger partial charge >= 0.3 is 0 Å². The highest BCUT2D eigenvalue weighted by Gasteiger charge is 2.09. The fourth-order valence-electron chi connectivity index (χ4n) is 2.27. The number of carbonyl (C=O) groups excluding carboxylic acids is 1. The van der Waals surface area contributed by atoms with Crippen LogP contribution in [0.1, 0.15) is 15.9 Å². The van der Waals surface area contributed by atoms with Gasteiger partial charge in [0.15, 0.2) is 5.78 Å². The van der Waals surface area contributed by atoms with Crippen LogP contribution in [0.25, 0.3) is 17.3 Å². The molecule has 2 heterocycles. The minimum absolute atomic E-state index is 0.256. The molecule has 0 unspecified atom stereocenters. The van der Waals surface area contributed by atoms with Crippen molar-refractivity contribution in [3.8, 4) is 11.3 Å². The van der Waals surface area contributed by atoms with Gasteiger partial charge in [0.05, 0.1) is 5.69 Å². The number of carbonyl (C=O) groups is 1. The third-order valence-corrected chi connectivity index (χ3v) is 3.33. The Labute approximate surface area is 132 Å². The number of halogens is 1. The molecule has 0 saturated heterocycles. The molecule has 0 spiro atoms. The number of rotatable bonds is 4. The van der Waals surface area contributed by atoms with Crippen molar-refractivity contribution in [3.63, 3.8) is 0 Å². The van der Waals surface area contributed by atoms with Crippen molar-refractivity contribution >= 4 is 11.9 Å². The van der Waals surface area contributed by atoms with Crippen LogP contribution in [0.15, 0.2) is 61.1 Å². The van der Waals surface area contributed by atoms with Gasteiger partial charge in [-0.25, -0.2) is 4.39 Å². The predicted octanol–water partition coefficient (Wildman–Crippen LogP) is 3.52. The molecule has 114 valence electrons. The number of hydrogen-bond donors (Lipinski definition) is 0. The predicted molar refractivity (Wildman–Crippen MR) is 86.2 cm³/mol. The monoisotopic (exact) mass is 307 g/mol. The first-order valence-corrected chi connectivity index (χ1v) is 7.05. The van der Waals surface area contributed by atoms with Crippen LogP contribution in [-0.4, -0.2) is 20.5 Å². The molecule has 2 aromatic heterocycles. The van der Waals surface area contributed by atoms with Gasteiger partial charge in [0.25, 0.3) is 0 Å². The number of nitrogens with zero attached hydrogens (tertiary/aromatic N) is 3. The van der Waals surface area contributed by atoms with Crippen LogP contribution in [0, 0.1) is 5.82 Å². The molecule has 1 aromatic carbocycles. The molecule has 0 aliphatic rings. The zero-order chi connectivity index (χ0) is 16.2. The van der Waals surface area contributed by atoms with E-state index in [1.165, 1.54) is 24.3 Å². The lowest BCUT2D eigenvalue weighted by Crippen LogP contribution is -1.94. The lowest BCUT2D eigenvalue weighted by atomic mass is 10.1. The summed E-state index contributed by atoms with van der Waals surface area (Å²) in [5, 5.41) is 4.41. The number of pyridine rings is 1. The highest BCUT2D eigenvalue weighted by molar-refractivity contribution is 6.07. The van der Waals surface area contributed by atoms with Crippen LogP contribution in [0.5, 0.6) is 0 Å². The normalized spacial score (nSPS) is 11.0. The lowest BCUT2D eigenvalue weighted by Gasteiger charge is -1.98. The van der Waals surface area contributed by atoms with E-state index >= 15 is 0 Å². The molecule has 0 fully saturated rings. The molecule has 23 heavy (non-hydrogen) atoms. The summed E-state index contributed by atoms with van der Waals surface area (Å²) in [6, 6.07) is 9.34. The molecule has 0 amide bonds.